The highest BCUT2D eigenvalue weighted by Gasteiger charge is 2.27. The van der Waals surface area contributed by atoms with Gasteiger partial charge in [-0.05, 0) is 50.2 Å². The van der Waals surface area contributed by atoms with Crippen LogP contribution in [0.3, 0.4) is 0 Å². The summed E-state index contributed by atoms with van der Waals surface area (Å²) in [7, 11) is 1.88. The van der Waals surface area contributed by atoms with Gasteiger partial charge in [-0.2, -0.15) is 0 Å². The van der Waals surface area contributed by atoms with Gasteiger partial charge in [-0.3, -0.25) is 4.79 Å². The molecule has 19 heavy (non-hydrogen) atoms. The summed E-state index contributed by atoms with van der Waals surface area (Å²) < 4.78 is 0. The van der Waals surface area contributed by atoms with Crippen LogP contribution in [-0.4, -0.2) is 34.6 Å². The number of aliphatic hydroxyl groups is 1. The van der Waals surface area contributed by atoms with Crippen molar-refractivity contribution in [1.29, 1.82) is 0 Å². The average Bonchev–Trinajstić information content (AvgIpc) is 2.92. The van der Waals surface area contributed by atoms with Crippen LogP contribution in [0.25, 0.3) is 0 Å². The normalized spacial score (nSPS) is 23.3. The van der Waals surface area contributed by atoms with E-state index in [1.165, 1.54) is 0 Å². The minimum atomic E-state index is 0.176. The number of rotatable bonds is 5. The van der Waals surface area contributed by atoms with Gasteiger partial charge < -0.3 is 15.0 Å². The van der Waals surface area contributed by atoms with Gasteiger partial charge in [0.15, 0.2) is 0 Å². The van der Waals surface area contributed by atoms with Crippen molar-refractivity contribution in [2.24, 2.45) is 11.8 Å². The zero-order chi connectivity index (χ0) is 13.7. The Kier molecular flexibility index (Phi) is 5.02. The molecule has 1 saturated carbocycles. The van der Waals surface area contributed by atoms with Crippen molar-refractivity contribution >= 4 is 5.91 Å². The van der Waals surface area contributed by atoms with Crippen LogP contribution in [0.4, 0.5) is 0 Å². The molecular weight excluding hydrogens is 240 g/mol. The van der Waals surface area contributed by atoms with Crippen molar-refractivity contribution in [3.8, 4) is 0 Å². The van der Waals surface area contributed by atoms with Crippen molar-refractivity contribution in [3.05, 3.63) is 24.0 Å². The van der Waals surface area contributed by atoms with Crippen LogP contribution in [-0.2, 0) is 11.3 Å². The Morgan fingerprint density at radius 2 is 2.16 bits per heavy atom. The van der Waals surface area contributed by atoms with Crippen molar-refractivity contribution in [1.82, 2.24) is 9.88 Å². The van der Waals surface area contributed by atoms with Gasteiger partial charge in [0.2, 0.25) is 5.91 Å². The molecule has 106 valence electrons. The molecule has 0 bridgehead atoms. The molecule has 0 unspecified atom stereocenters. The summed E-state index contributed by atoms with van der Waals surface area (Å²) in [4.78, 5) is 17.3. The standard InChI is InChI=1S/C15H24N2O2/c1-17(11-14-3-2-9-16-14)15(19)13-6-4-12(5-7-13)8-10-18/h2-3,9,12-13,16,18H,4-8,10-11H2,1H3. The van der Waals surface area contributed by atoms with E-state index in [2.05, 4.69) is 4.98 Å². The minimum absolute atomic E-state index is 0.176. The number of aromatic amines is 1. The Labute approximate surface area is 114 Å². The van der Waals surface area contributed by atoms with Crippen LogP contribution in [0.5, 0.6) is 0 Å². The predicted molar refractivity (Wildman–Crippen MR) is 74.4 cm³/mol. The molecule has 1 amide bonds. The molecular formula is C15H24N2O2. The van der Waals surface area contributed by atoms with Crippen molar-refractivity contribution < 1.29 is 9.90 Å². The molecule has 1 aromatic rings. The second kappa shape index (κ2) is 6.75. The van der Waals surface area contributed by atoms with Gasteiger partial charge in [0.25, 0.3) is 0 Å². The summed E-state index contributed by atoms with van der Waals surface area (Å²) >= 11 is 0. The topological polar surface area (TPSA) is 56.3 Å². The van der Waals surface area contributed by atoms with E-state index in [0.717, 1.165) is 37.8 Å². The van der Waals surface area contributed by atoms with E-state index in [4.69, 9.17) is 5.11 Å². The molecule has 0 aliphatic heterocycles. The van der Waals surface area contributed by atoms with Gasteiger partial charge in [-0.1, -0.05) is 0 Å². The van der Waals surface area contributed by atoms with Crippen LogP contribution in [0.2, 0.25) is 0 Å². The highest BCUT2D eigenvalue weighted by molar-refractivity contribution is 5.78. The van der Waals surface area contributed by atoms with E-state index in [9.17, 15) is 4.79 Å². The fourth-order valence-corrected chi connectivity index (χ4v) is 2.99. The molecule has 4 heteroatoms. The first-order valence-electron chi connectivity index (χ1n) is 7.18. The Morgan fingerprint density at radius 1 is 1.42 bits per heavy atom. The smallest absolute Gasteiger partial charge is 0.225 e. The van der Waals surface area contributed by atoms with Crippen LogP contribution >= 0.6 is 0 Å². The Bertz CT molecular complexity index is 381. The maximum atomic E-state index is 12.4. The lowest BCUT2D eigenvalue weighted by molar-refractivity contribution is -0.136. The molecule has 1 aliphatic rings. The number of carbonyl (C=O) groups is 1. The van der Waals surface area contributed by atoms with Gasteiger partial charge in [0.1, 0.15) is 0 Å². The van der Waals surface area contributed by atoms with Gasteiger partial charge >= 0.3 is 0 Å². The summed E-state index contributed by atoms with van der Waals surface area (Å²) in [6.45, 7) is 0.929. The monoisotopic (exact) mass is 264 g/mol. The number of carbonyl (C=O) groups excluding carboxylic acids is 1. The number of aliphatic hydroxyl groups excluding tert-OH is 1. The van der Waals surface area contributed by atoms with E-state index in [0.29, 0.717) is 12.5 Å². The van der Waals surface area contributed by atoms with Crippen LogP contribution < -0.4 is 0 Å². The fourth-order valence-electron chi connectivity index (χ4n) is 2.99. The van der Waals surface area contributed by atoms with Crippen molar-refractivity contribution in [3.63, 3.8) is 0 Å². The highest BCUT2D eigenvalue weighted by atomic mass is 16.3. The van der Waals surface area contributed by atoms with E-state index in [1.54, 1.807) is 0 Å². The average molecular weight is 264 g/mol. The maximum Gasteiger partial charge on any atom is 0.225 e. The lowest BCUT2D eigenvalue weighted by atomic mass is 9.80. The number of hydrogen-bond acceptors (Lipinski definition) is 2. The maximum absolute atomic E-state index is 12.4. The van der Waals surface area contributed by atoms with Crippen molar-refractivity contribution in [2.45, 2.75) is 38.6 Å². The van der Waals surface area contributed by atoms with Gasteiger partial charge in [0.05, 0.1) is 6.54 Å². The first-order chi connectivity index (χ1) is 9.20. The SMILES string of the molecule is CN(Cc1ccc[nH]1)C(=O)C1CCC(CCO)CC1. The molecule has 0 aromatic carbocycles. The van der Waals surface area contributed by atoms with E-state index >= 15 is 0 Å². The number of nitrogens with one attached hydrogen (secondary N) is 1. The number of amides is 1. The summed E-state index contributed by atoms with van der Waals surface area (Å²) in [5.74, 6) is 1.05. The van der Waals surface area contributed by atoms with E-state index < -0.39 is 0 Å². The molecule has 1 fully saturated rings. The zero-order valence-electron chi connectivity index (χ0n) is 11.6. The number of H-pyrrole nitrogens is 1. The van der Waals surface area contributed by atoms with Gasteiger partial charge in [0, 0.05) is 31.5 Å². The third-order valence-corrected chi connectivity index (χ3v) is 4.18. The highest BCUT2D eigenvalue weighted by Crippen LogP contribution is 2.31. The fraction of sp³-hybridized carbons (Fsp3) is 0.667. The summed E-state index contributed by atoms with van der Waals surface area (Å²) in [6, 6.07) is 3.95. The second-order valence-corrected chi connectivity index (χ2v) is 5.62. The summed E-state index contributed by atoms with van der Waals surface area (Å²) in [6.07, 6.45) is 6.87. The number of aromatic nitrogens is 1. The van der Waals surface area contributed by atoms with E-state index in [-0.39, 0.29) is 18.4 Å². The third kappa shape index (κ3) is 3.83. The predicted octanol–water partition coefficient (Wildman–Crippen LogP) is 2.16. The molecule has 2 rings (SSSR count). The number of hydrogen-bond donors (Lipinski definition) is 2. The summed E-state index contributed by atoms with van der Waals surface area (Å²) in [5, 5.41) is 8.95. The Hall–Kier alpha value is -1.29. The van der Waals surface area contributed by atoms with Crippen LogP contribution in [0.15, 0.2) is 18.3 Å². The molecule has 1 aromatic heterocycles. The second-order valence-electron chi connectivity index (χ2n) is 5.62. The quantitative estimate of drug-likeness (QED) is 0.856. The molecule has 1 heterocycles. The Morgan fingerprint density at radius 3 is 2.74 bits per heavy atom. The number of nitrogens with zero attached hydrogens (tertiary/aromatic N) is 1. The molecule has 0 saturated heterocycles. The van der Waals surface area contributed by atoms with E-state index in [1.807, 2.05) is 30.3 Å². The molecule has 0 spiro atoms. The molecule has 0 atom stereocenters. The molecule has 4 nitrogen and oxygen atoms in total. The third-order valence-electron chi connectivity index (χ3n) is 4.18. The first kappa shape index (κ1) is 14.1. The van der Waals surface area contributed by atoms with Crippen molar-refractivity contribution in [2.75, 3.05) is 13.7 Å². The lowest BCUT2D eigenvalue weighted by Crippen LogP contribution is -2.34. The van der Waals surface area contributed by atoms with Crippen LogP contribution in [0.1, 0.15) is 37.8 Å². The lowest BCUT2D eigenvalue weighted by Gasteiger charge is -2.30. The van der Waals surface area contributed by atoms with Gasteiger partial charge in [-0.25, -0.2) is 0 Å². The molecule has 0 radical (unpaired) electrons. The first-order valence-corrected chi connectivity index (χ1v) is 7.18. The van der Waals surface area contributed by atoms with Crippen LogP contribution in [0, 0.1) is 11.8 Å². The minimum Gasteiger partial charge on any atom is -0.396 e. The molecule has 1 aliphatic carbocycles. The van der Waals surface area contributed by atoms with Gasteiger partial charge in [-0.15, -0.1) is 0 Å². The Balaban J connectivity index is 1.80. The zero-order valence-corrected chi connectivity index (χ0v) is 11.6. The molecule has 2 N–H and O–H groups in total. The largest absolute Gasteiger partial charge is 0.396 e. The summed E-state index contributed by atoms with van der Waals surface area (Å²) in [5.41, 5.74) is 1.07.